The Morgan fingerprint density at radius 3 is 2.61 bits per heavy atom. The van der Waals surface area contributed by atoms with E-state index in [0.717, 1.165) is 30.0 Å². The molecule has 0 N–H and O–H groups in total. The number of methoxy groups -OCH3 is 1. The maximum atomic E-state index is 13.5. The van der Waals surface area contributed by atoms with E-state index in [0.29, 0.717) is 34.8 Å². The molecule has 2 atom stereocenters. The summed E-state index contributed by atoms with van der Waals surface area (Å²) in [4.78, 5) is 11.4. The molecular formula is C22H22F2N6O. The van der Waals surface area contributed by atoms with Crippen molar-refractivity contribution in [2.75, 3.05) is 27.2 Å². The third-order valence-corrected chi connectivity index (χ3v) is 6.67. The molecule has 1 aliphatic carbocycles. The Balaban J connectivity index is 1.44. The van der Waals surface area contributed by atoms with E-state index >= 15 is 0 Å². The maximum absolute atomic E-state index is 13.5. The number of piperidine rings is 1. The molecule has 1 aliphatic heterocycles. The van der Waals surface area contributed by atoms with E-state index in [9.17, 15) is 8.78 Å². The largest absolute Gasteiger partial charge is 0.493 e. The van der Waals surface area contributed by atoms with Crippen molar-refractivity contribution in [2.45, 2.75) is 19.3 Å². The zero-order chi connectivity index (χ0) is 21.4. The van der Waals surface area contributed by atoms with Gasteiger partial charge in [-0.05, 0) is 44.0 Å². The molecule has 1 saturated carbocycles. The fraction of sp³-hybridized carbons (Fsp3) is 0.409. The van der Waals surface area contributed by atoms with Gasteiger partial charge < -0.3 is 14.0 Å². The summed E-state index contributed by atoms with van der Waals surface area (Å²) in [5.41, 5.74) is 3.68. The van der Waals surface area contributed by atoms with Gasteiger partial charge >= 0.3 is 0 Å². The molecule has 2 unspecified atom stereocenters. The molecule has 7 nitrogen and oxygen atoms in total. The summed E-state index contributed by atoms with van der Waals surface area (Å²) in [6.07, 6.45) is 1.34. The molecule has 2 fully saturated rings. The highest BCUT2D eigenvalue weighted by molar-refractivity contribution is 5.68. The van der Waals surface area contributed by atoms with Crippen LogP contribution < -0.4 is 4.74 Å². The van der Waals surface area contributed by atoms with Crippen LogP contribution in [-0.4, -0.2) is 56.1 Å². The number of ether oxygens (including phenoxy) is 1. The molecule has 6 rings (SSSR count). The van der Waals surface area contributed by atoms with Gasteiger partial charge in [0.15, 0.2) is 17.0 Å². The number of rotatable bonds is 4. The van der Waals surface area contributed by atoms with Crippen LogP contribution >= 0.6 is 0 Å². The summed E-state index contributed by atoms with van der Waals surface area (Å²) in [6.45, 7) is 3.81. The molecule has 0 spiro atoms. The zero-order valence-corrected chi connectivity index (χ0v) is 17.5. The molecule has 4 aromatic heterocycles. The minimum absolute atomic E-state index is 0.181. The van der Waals surface area contributed by atoms with Gasteiger partial charge in [-0.15, -0.1) is 0 Å². The van der Waals surface area contributed by atoms with E-state index in [-0.39, 0.29) is 11.4 Å². The normalized spacial score (nSPS) is 23.2. The summed E-state index contributed by atoms with van der Waals surface area (Å²) in [6, 6.07) is 5.35. The van der Waals surface area contributed by atoms with Gasteiger partial charge in [-0.2, -0.15) is 5.10 Å². The lowest BCUT2D eigenvalue weighted by Crippen LogP contribution is -2.18. The summed E-state index contributed by atoms with van der Waals surface area (Å²) >= 11 is 0. The second-order valence-corrected chi connectivity index (χ2v) is 8.64. The Kier molecular flexibility index (Phi) is 3.89. The Morgan fingerprint density at radius 1 is 1.13 bits per heavy atom. The molecule has 160 valence electrons. The van der Waals surface area contributed by atoms with Gasteiger partial charge in [0, 0.05) is 37.0 Å². The van der Waals surface area contributed by atoms with E-state index in [1.54, 1.807) is 26.2 Å². The van der Waals surface area contributed by atoms with E-state index in [1.807, 2.05) is 16.7 Å². The highest BCUT2D eigenvalue weighted by Gasteiger charge is 2.56. The van der Waals surface area contributed by atoms with Crippen LogP contribution in [-0.2, 0) is 0 Å². The van der Waals surface area contributed by atoms with Crippen LogP contribution in [0.4, 0.5) is 8.78 Å². The monoisotopic (exact) mass is 424 g/mol. The van der Waals surface area contributed by atoms with Crippen LogP contribution in [0.25, 0.3) is 22.6 Å². The zero-order valence-electron chi connectivity index (χ0n) is 17.5. The summed E-state index contributed by atoms with van der Waals surface area (Å²) in [5.74, 6) is 2.49. The van der Waals surface area contributed by atoms with Crippen LogP contribution in [0.3, 0.4) is 0 Å². The predicted molar refractivity (Wildman–Crippen MR) is 111 cm³/mol. The van der Waals surface area contributed by atoms with Crippen molar-refractivity contribution in [3.63, 3.8) is 0 Å². The lowest BCUT2D eigenvalue weighted by Gasteiger charge is -2.11. The minimum Gasteiger partial charge on any atom is -0.493 e. The lowest BCUT2D eigenvalue weighted by atomic mass is 10.2. The SMILES string of the molecule is COc1cc(-c2ccc3nc(C)c(C(F)F)n3n2)cn2cc(C3C4CN(C)CC43)nc12. The van der Waals surface area contributed by atoms with E-state index in [1.165, 1.54) is 4.52 Å². The standard InChI is InChI=1S/C22H22F2N6O/c1-11-20(21(23)24)30-18(25-11)5-4-15(27-30)12-6-17(31-3)22-26-16(10-29(22)7-12)19-13-8-28(2)9-14(13)19/h4-7,10,13-14,19,21H,8-9H2,1-3H3. The van der Waals surface area contributed by atoms with E-state index in [2.05, 4.69) is 28.2 Å². The number of hydrogen-bond acceptors (Lipinski definition) is 5. The van der Waals surface area contributed by atoms with Crippen LogP contribution in [0.5, 0.6) is 5.75 Å². The van der Waals surface area contributed by atoms with Crippen LogP contribution in [0, 0.1) is 18.8 Å². The first-order valence-corrected chi connectivity index (χ1v) is 10.3. The molecular weight excluding hydrogens is 402 g/mol. The third kappa shape index (κ3) is 2.76. The van der Waals surface area contributed by atoms with Crippen molar-refractivity contribution >= 4 is 11.3 Å². The van der Waals surface area contributed by atoms with Gasteiger partial charge in [0.1, 0.15) is 5.69 Å². The number of pyridine rings is 1. The van der Waals surface area contributed by atoms with Crippen LogP contribution in [0.15, 0.2) is 30.6 Å². The van der Waals surface area contributed by atoms with Crippen molar-refractivity contribution in [3.8, 4) is 17.0 Å². The molecule has 2 aliphatic rings. The maximum Gasteiger partial charge on any atom is 0.282 e. The van der Waals surface area contributed by atoms with E-state index in [4.69, 9.17) is 9.72 Å². The molecule has 31 heavy (non-hydrogen) atoms. The van der Waals surface area contributed by atoms with Crippen LogP contribution in [0.1, 0.15) is 29.4 Å². The van der Waals surface area contributed by atoms with Crippen molar-refractivity contribution < 1.29 is 13.5 Å². The number of aromatic nitrogens is 5. The second-order valence-electron chi connectivity index (χ2n) is 8.64. The fourth-order valence-corrected chi connectivity index (χ4v) is 5.18. The first-order valence-electron chi connectivity index (χ1n) is 10.3. The molecule has 5 heterocycles. The number of imidazole rings is 2. The Bertz CT molecular complexity index is 1320. The topological polar surface area (TPSA) is 60.0 Å². The number of nitrogens with zero attached hydrogens (tertiary/aromatic N) is 6. The molecule has 0 aromatic carbocycles. The molecule has 9 heteroatoms. The van der Waals surface area contributed by atoms with Gasteiger partial charge in [-0.25, -0.2) is 23.3 Å². The smallest absolute Gasteiger partial charge is 0.282 e. The molecule has 4 aromatic rings. The van der Waals surface area contributed by atoms with Gasteiger partial charge in [-0.3, -0.25) is 0 Å². The van der Waals surface area contributed by atoms with Gasteiger partial charge in [0.2, 0.25) is 0 Å². The van der Waals surface area contributed by atoms with Crippen molar-refractivity contribution in [1.29, 1.82) is 0 Å². The summed E-state index contributed by atoms with van der Waals surface area (Å²) in [7, 11) is 3.77. The Hall–Kier alpha value is -3.07. The van der Waals surface area contributed by atoms with Crippen molar-refractivity contribution in [1.82, 2.24) is 28.9 Å². The predicted octanol–water partition coefficient (Wildman–Crippen LogP) is 3.57. The fourth-order valence-electron chi connectivity index (χ4n) is 5.18. The number of fused-ring (bicyclic) bond motifs is 3. The van der Waals surface area contributed by atoms with E-state index < -0.39 is 6.43 Å². The van der Waals surface area contributed by atoms with Gasteiger partial charge in [0.25, 0.3) is 6.43 Å². The average Bonchev–Trinajstić information content (AvgIpc) is 3.08. The van der Waals surface area contributed by atoms with Gasteiger partial charge in [-0.1, -0.05) is 0 Å². The molecule has 0 amide bonds. The van der Waals surface area contributed by atoms with Crippen molar-refractivity contribution in [3.05, 3.63) is 47.7 Å². The molecule has 0 bridgehead atoms. The van der Waals surface area contributed by atoms with Gasteiger partial charge in [0.05, 0.1) is 24.2 Å². The third-order valence-electron chi connectivity index (χ3n) is 6.67. The highest BCUT2D eigenvalue weighted by Crippen LogP contribution is 2.57. The minimum atomic E-state index is -2.65. The Morgan fingerprint density at radius 2 is 1.90 bits per heavy atom. The number of halogens is 2. The Labute approximate surface area is 177 Å². The number of likely N-dealkylation sites (tertiary alicyclic amines) is 1. The average molecular weight is 424 g/mol. The first-order chi connectivity index (χ1) is 14.9. The summed E-state index contributed by atoms with van der Waals surface area (Å²) < 4.78 is 35.8. The second kappa shape index (κ2) is 6.46. The summed E-state index contributed by atoms with van der Waals surface area (Å²) in [5, 5.41) is 4.46. The molecule has 0 radical (unpaired) electrons. The van der Waals surface area contributed by atoms with Crippen LogP contribution in [0.2, 0.25) is 0 Å². The quantitative estimate of drug-likeness (QED) is 0.501. The number of aryl methyl sites for hydroxylation is 1. The van der Waals surface area contributed by atoms with Crippen molar-refractivity contribution in [2.24, 2.45) is 11.8 Å². The highest BCUT2D eigenvalue weighted by atomic mass is 19.3. The number of alkyl halides is 2. The lowest BCUT2D eigenvalue weighted by molar-refractivity contribution is 0.143. The number of hydrogen-bond donors (Lipinski definition) is 0. The molecule has 1 saturated heterocycles. The first kappa shape index (κ1) is 18.7.